The van der Waals surface area contributed by atoms with Gasteiger partial charge in [0.15, 0.2) is 0 Å². The largest absolute Gasteiger partial charge is 0.324 e. The van der Waals surface area contributed by atoms with Gasteiger partial charge in [-0.3, -0.25) is 0 Å². The average Bonchev–Trinajstić information content (AvgIpc) is 2.33. The van der Waals surface area contributed by atoms with Crippen LogP contribution in [0.3, 0.4) is 0 Å². The van der Waals surface area contributed by atoms with E-state index in [-0.39, 0.29) is 6.04 Å². The second-order valence-electron chi connectivity index (χ2n) is 3.61. The molecule has 0 aliphatic carbocycles. The molecule has 2 heterocycles. The topological polar surface area (TPSA) is 51.8 Å². The summed E-state index contributed by atoms with van der Waals surface area (Å²) in [6.07, 6.45) is 3.49. The van der Waals surface area contributed by atoms with Crippen molar-refractivity contribution in [1.29, 1.82) is 0 Å². The molecule has 0 aliphatic rings. The van der Waals surface area contributed by atoms with E-state index in [4.69, 9.17) is 17.3 Å². The standard InChI is InChI=1S/C12H12ClN3S/c1-8(14)9-4-5-11(16-7-9)17-12-10(13)3-2-6-15-12/h2-8H,14H2,1H3. The predicted octanol–water partition coefficient (Wildman–Crippen LogP) is 3.30. The van der Waals surface area contributed by atoms with E-state index in [2.05, 4.69) is 9.97 Å². The molecular weight excluding hydrogens is 254 g/mol. The van der Waals surface area contributed by atoms with Crippen molar-refractivity contribution in [3.63, 3.8) is 0 Å². The summed E-state index contributed by atoms with van der Waals surface area (Å²) in [5.41, 5.74) is 6.78. The van der Waals surface area contributed by atoms with Crippen LogP contribution < -0.4 is 5.73 Å². The molecule has 0 saturated heterocycles. The lowest BCUT2D eigenvalue weighted by molar-refractivity contribution is 0.806. The minimum Gasteiger partial charge on any atom is -0.324 e. The van der Waals surface area contributed by atoms with Gasteiger partial charge < -0.3 is 5.73 Å². The fourth-order valence-electron chi connectivity index (χ4n) is 1.27. The molecule has 5 heteroatoms. The van der Waals surface area contributed by atoms with Gasteiger partial charge in [-0.1, -0.05) is 17.7 Å². The van der Waals surface area contributed by atoms with Crippen LogP contribution >= 0.6 is 23.4 Å². The molecular formula is C12H12ClN3S. The lowest BCUT2D eigenvalue weighted by Crippen LogP contribution is -2.04. The number of halogens is 1. The highest BCUT2D eigenvalue weighted by Crippen LogP contribution is 2.29. The Morgan fingerprint density at radius 1 is 1.29 bits per heavy atom. The maximum Gasteiger partial charge on any atom is 0.121 e. The fraction of sp³-hybridized carbons (Fsp3) is 0.167. The number of nitrogens with zero attached hydrogens (tertiary/aromatic N) is 2. The molecule has 0 spiro atoms. The molecule has 0 aromatic carbocycles. The van der Waals surface area contributed by atoms with E-state index in [1.54, 1.807) is 18.5 Å². The van der Waals surface area contributed by atoms with Crippen molar-refractivity contribution in [2.45, 2.75) is 23.0 Å². The van der Waals surface area contributed by atoms with Crippen molar-refractivity contribution in [3.8, 4) is 0 Å². The van der Waals surface area contributed by atoms with Crippen LogP contribution in [0.15, 0.2) is 46.7 Å². The molecule has 2 N–H and O–H groups in total. The quantitative estimate of drug-likeness (QED) is 0.925. The number of hydrogen-bond acceptors (Lipinski definition) is 4. The minimum atomic E-state index is -0.0000109. The van der Waals surface area contributed by atoms with Crippen LogP contribution in [-0.4, -0.2) is 9.97 Å². The molecule has 88 valence electrons. The van der Waals surface area contributed by atoms with E-state index >= 15 is 0 Å². The molecule has 2 aromatic heterocycles. The minimum absolute atomic E-state index is 0.0000109. The van der Waals surface area contributed by atoms with Crippen LogP contribution in [0.5, 0.6) is 0 Å². The smallest absolute Gasteiger partial charge is 0.121 e. The Bertz CT molecular complexity index is 499. The number of hydrogen-bond donors (Lipinski definition) is 1. The first-order chi connectivity index (χ1) is 8.16. The number of pyridine rings is 2. The van der Waals surface area contributed by atoms with Crippen molar-refractivity contribution >= 4 is 23.4 Å². The highest BCUT2D eigenvalue weighted by Gasteiger charge is 2.05. The van der Waals surface area contributed by atoms with Gasteiger partial charge in [-0.05, 0) is 42.4 Å². The predicted molar refractivity (Wildman–Crippen MR) is 70.2 cm³/mol. The Kier molecular flexibility index (Phi) is 3.99. The Labute approximate surface area is 109 Å². The number of rotatable bonds is 3. The van der Waals surface area contributed by atoms with Crippen molar-refractivity contribution in [2.75, 3.05) is 0 Å². The summed E-state index contributed by atoms with van der Waals surface area (Å²) in [6.45, 7) is 1.93. The Balaban J connectivity index is 2.17. The molecule has 17 heavy (non-hydrogen) atoms. The van der Waals surface area contributed by atoms with Crippen LogP contribution in [0.2, 0.25) is 5.02 Å². The van der Waals surface area contributed by atoms with Gasteiger partial charge in [0.05, 0.1) is 5.02 Å². The van der Waals surface area contributed by atoms with E-state index in [0.29, 0.717) is 5.02 Å². The van der Waals surface area contributed by atoms with Crippen LogP contribution in [0, 0.1) is 0 Å². The summed E-state index contributed by atoms with van der Waals surface area (Å²) >= 11 is 7.46. The maximum atomic E-state index is 6.02. The normalized spacial score (nSPS) is 12.4. The molecule has 1 atom stereocenters. The lowest BCUT2D eigenvalue weighted by Gasteiger charge is -2.06. The molecule has 1 unspecified atom stereocenters. The number of aromatic nitrogens is 2. The third-order valence-corrected chi connectivity index (χ3v) is 3.60. The molecule has 0 bridgehead atoms. The van der Waals surface area contributed by atoms with Crippen LogP contribution in [-0.2, 0) is 0 Å². The summed E-state index contributed by atoms with van der Waals surface area (Å²) in [5.74, 6) is 0. The highest BCUT2D eigenvalue weighted by molar-refractivity contribution is 7.99. The summed E-state index contributed by atoms with van der Waals surface area (Å²) in [4.78, 5) is 8.52. The monoisotopic (exact) mass is 265 g/mol. The zero-order valence-corrected chi connectivity index (χ0v) is 10.9. The van der Waals surface area contributed by atoms with Crippen molar-refractivity contribution in [3.05, 3.63) is 47.2 Å². The summed E-state index contributed by atoms with van der Waals surface area (Å²) < 4.78 is 0. The van der Waals surface area contributed by atoms with Gasteiger partial charge in [-0.15, -0.1) is 0 Å². The Morgan fingerprint density at radius 2 is 2.12 bits per heavy atom. The summed E-state index contributed by atoms with van der Waals surface area (Å²) in [7, 11) is 0. The molecule has 2 rings (SSSR count). The van der Waals surface area contributed by atoms with Gasteiger partial charge in [-0.25, -0.2) is 9.97 Å². The van der Waals surface area contributed by atoms with Crippen molar-refractivity contribution in [2.24, 2.45) is 5.73 Å². The molecule has 3 nitrogen and oxygen atoms in total. The van der Waals surface area contributed by atoms with E-state index in [1.807, 2.05) is 25.1 Å². The molecule has 0 fully saturated rings. The second-order valence-corrected chi connectivity index (χ2v) is 5.03. The average molecular weight is 266 g/mol. The van der Waals surface area contributed by atoms with Crippen LogP contribution in [0.25, 0.3) is 0 Å². The number of nitrogens with two attached hydrogens (primary N) is 1. The van der Waals surface area contributed by atoms with Crippen LogP contribution in [0.4, 0.5) is 0 Å². The van der Waals surface area contributed by atoms with Gasteiger partial charge in [0.25, 0.3) is 0 Å². The van der Waals surface area contributed by atoms with E-state index in [1.165, 1.54) is 11.8 Å². The third kappa shape index (κ3) is 3.19. The highest BCUT2D eigenvalue weighted by atomic mass is 35.5. The zero-order valence-electron chi connectivity index (χ0n) is 9.30. The Morgan fingerprint density at radius 3 is 2.71 bits per heavy atom. The zero-order chi connectivity index (χ0) is 12.3. The maximum absolute atomic E-state index is 6.02. The van der Waals surface area contributed by atoms with Gasteiger partial charge >= 0.3 is 0 Å². The lowest BCUT2D eigenvalue weighted by atomic mass is 10.2. The Hall–Kier alpha value is -1.10. The van der Waals surface area contributed by atoms with Gasteiger partial charge in [0.2, 0.25) is 0 Å². The van der Waals surface area contributed by atoms with E-state index in [9.17, 15) is 0 Å². The van der Waals surface area contributed by atoms with Crippen molar-refractivity contribution < 1.29 is 0 Å². The molecule has 2 aromatic rings. The van der Waals surface area contributed by atoms with Crippen LogP contribution in [0.1, 0.15) is 18.5 Å². The van der Waals surface area contributed by atoms with Gasteiger partial charge in [-0.2, -0.15) is 0 Å². The third-order valence-electron chi connectivity index (χ3n) is 2.21. The van der Waals surface area contributed by atoms with Crippen molar-refractivity contribution in [1.82, 2.24) is 9.97 Å². The van der Waals surface area contributed by atoms with Gasteiger partial charge in [0, 0.05) is 18.4 Å². The molecule has 0 aliphatic heterocycles. The molecule has 0 amide bonds. The van der Waals surface area contributed by atoms with E-state index in [0.717, 1.165) is 15.6 Å². The molecule has 0 saturated carbocycles. The summed E-state index contributed by atoms with van der Waals surface area (Å²) in [6, 6.07) is 7.51. The molecule has 0 radical (unpaired) electrons. The first kappa shape index (κ1) is 12.4. The fourth-order valence-corrected chi connectivity index (χ4v) is 2.22. The SMILES string of the molecule is CC(N)c1ccc(Sc2ncccc2Cl)nc1. The first-order valence-electron chi connectivity index (χ1n) is 5.16. The summed E-state index contributed by atoms with van der Waals surface area (Å²) in [5, 5.41) is 2.25. The first-order valence-corrected chi connectivity index (χ1v) is 6.36. The second kappa shape index (κ2) is 5.49. The van der Waals surface area contributed by atoms with E-state index < -0.39 is 0 Å². The van der Waals surface area contributed by atoms with Gasteiger partial charge in [0.1, 0.15) is 10.1 Å².